The third kappa shape index (κ3) is 3.71. The number of ether oxygens (including phenoxy) is 2. The maximum atomic E-state index is 12.3. The zero-order chi connectivity index (χ0) is 19.5. The van der Waals surface area contributed by atoms with Gasteiger partial charge in [-0.1, -0.05) is 5.16 Å². The number of esters is 1. The highest BCUT2D eigenvalue weighted by atomic mass is 16.6. The van der Waals surface area contributed by atoms with Gasteiger partial charge in [0.1, 0.15) is 5.75 Å². The van der Waals surface area contributed by atoms with E-state index in [4.69, 9.17) is 14.0 Å². The Bertz CT molecular complexity index is 1030. The van der Waals surface area contributed by atoms with Crippen LogP contribution < -0.4 is 10.1 Å². The van der Waals surface area contributed by atoms with E-state index in [1.807, 2.05) is 12.1 Å². The molecular formula is C20H17N3O5. The van der Waals surface area contributed by atoms with Crippen LogP contribution in [0.2, 0.25) is 0 Å². The van der Waals surface area contributed by atoms with E-state index in [1.54, 1.807) is 37.4 Å². The molecule has 0 unspecified atom stereocenters. The Kier molecular flexibility index (Phi) is 4.76. The molecule has 0 radical (unpaired) electrons. The molecule has 1 amide bonds. The van der Waals surface area contributed by atoms with Crippen molar-refractivity contribution in [1.82, 2.24) is 10.1 Å². The highest BCUT2D eigenvalue weighted by molar-refractivity contribution is 5.96. The van der Waals surface area contributed by atoms with Crippen LogP contribution in [0.3, 0.4) is 0 Å². The smallest absolute Gasteiger partial charge is 0.338 e. The second-order valence-corrected chi connectivity index (χ2v) is 6.24. The lowest BCUT2D eigenvalue weighted by Gasteiger charge is -2.17. The summed E-state index contributed by atoms with van der Waals surface area (Å²) in [5.41, 5.74) is 2.81. The SMILES string of the molecule is COc1ccc(-c2noc(COC(=O)c3ccc4c(c3)CCC(=O)N4)n2)cc1. The first kappa shape index (κ1) is 17.7. The number of methoxy groups -OCH3 is 1. The van der Waals surface area contributed by atoms with Crippen molar-refractivity contribution in [2.45, 2.75) is 19.4 Å². The monoisotopic (exact) mass is 379 g/mol. The minimum absolute atomic E-state index is 0.0214. The topological polar surface area (TPSA) is 104 Å². The number of fused-ring (bicyclic) bond motifs is 1. The van der Waals surface area contributed by atoms with Crippen LogP contribution in [0.5, 0.6) is 5.75 Å². The number of nitrogens with one attached hydrogen (secondary N) is 1. The predicted molar refractivity (Wildman–Crippen MR) is 98.8 cm³/mol. The van der Waals surface area contributed by atoms with Gasteiger partial charge in [-0.3, -0.25) is 4.79 Å². The van der Waals surface area contributed by atoms with Crippen LogP contribution in [0.25, 0.3) is 11.4 Å². The van der Waals surface area contributed by atoms with Crippen molar-refractivity contribution in [1.29, 1.82) is 0 Å². The Morgan fingerprint density at radius 3 is 2.79 bits per heavy atom. The van der Waals surface area contributed by atoms with Gasteiger partial charge in [-0.25, -0.2) is 4.79 Å². The summed E-state index contributed by atoms with van der Waals surface area (Å²) in [7, 11) is 1.59. The Balaban J connectivity index is 1.40. The van der Waals surface area contributed by atoms with Gasteiger partial charge >= 0.3 is 5.97 Å². The van der Waals surface area contributed by atoms with E-state index < -0.39 is 5.97 Å². The Morgan fingerprint density at radius 1 is 1.18 bits per heavy atom. The number of hydrogen-bond acceptors (Lipinski definition) is 7. The number of benzene rings is 2. The molecule has 1 aliphatic heterocycles. The van der Waals surface area contributed by atoms with Crippen LogP contribution in [-0.2, 0) is 22.6 Å². The number of rotatable bonds is 5. The van der Waals surface area contributed by atoms with Crippen LogP contribution in [-0.4, -0.2) is 29.1 Å². The molecular weight excluding hydrogens is 362 g/mol. The van der Waals surface area contributed by atoms with Crippen molar-refractivity contribution in [3.8, 4) is 17.1 Å². The van der Waals surface area contributed by atoms with E-state index in [-0.39, 0.29) is 18.4 Å². The van der Waals surface area contributed by atoms with Gasteiger partial charge in [0.15, 0.2) is 6.61 Å². The third-order valence-electron chi connectivity index (χ3n) is 4.38. The van der Waals surface area contributed by atoms with Gasteiger partial charge in [0.05, 0.1) is 12.7 Å². The standard InChI is InChI=1S/C20H17N3O5/c1-26-15-6-2-12(3-7-15)19-22-18(28-23-19)11-27-20(25)14-4-8-16-13(10-14)5-9-17(24)21-16/h2-4,6-8,10H,5,9,11H2,1H3,(H,21,24). The summed E-state index contributed by atoms with van der Waals surface area (Å²) in [5.74, 6) is 0.810. The Labute approximate surface area is 160 Å². The number of aryl methyl sites for hydroxylation is 1. The molecule has 1 N–H and O–H groups in total. The quantitative estimate of drug-likeness (QED) is 0.680. The molecule has 2 aromatic carbocycles. The van der Waals surface area contributed by atoms with Gasteiger partial charge in [-0.15, -0.1) is 0 Å². The van der Waals surface area contributed by atoms with Gasteiger partial charge in [-0.05, 0) is 54.4 Å². The highest BCUT2D eigenvalue weighted by Crippen LogP contribution is 2.24. The molecule has 0 aliphatic carbocycles. The first-order chi connectivity index (χ1) is 13.6. The zero-order valence-electron chi connectivity index (χ0n) is 15.1. The van der Waals surface area contributed by atoms with E-state index in [0.717, 1.165) is 22.6 Å². The fourth-order valence-electron chi connectivity index (χ4n) is 2.89. The minimum atomic E-state index is -0.496. The maximum Gasteiger partial charge on any atom is 0.338 e. The molecule has 4 rings (SSSR count). The molecule has 0 saturated heterocycles. The first-order valence-corrected chi connectivity index (χ1v) is 8.69. The van der Waals surface area contributed by atoms with Crippen LogP contribution in [0, 0.1) is 0 Å². The van der Waals surface area contributed by atoms with Gasteiger partial charge < -0.3 is 19.3 Å². The van der Waals surface area contributed by atoms with Gasteiger partial charge in [0.25, 0.3) is 5.89 Å². The summed E-state index contributed by atoms with van der Waals surface area (Å²) in [6, 6.07) is 12.3. The van der Waals surface area contributed by atoms with Crippen LogP contribution in [0.4, 0.5) is 5.69 Å². The van der Waals surface area contributed by atoms with Crippen molar-refractivity contribution in [2.75, 3.05) is 12.4 Å². The summed E-state index contributed by atoms with van der Waals surface area (Å²) in [5, 5.41) is 6.68. The van der Waals surface area contributed by atoms with Gasteiger partial charge in [0.2, 0.25) is 11.7 Å². The summed E-state index contributed by atoms with van der Waals surface area (Å²) >= 11 is 0. The number of aromatic nitrogens is 2. The second-order valence-electron chi connectivity index (χ2n) is 6.24. The summed E-state index contributed by atoms with van der Waals surface area (Å²) < 4.78 is 15.5. The summed E-state index contributed by atoms with van der Waals surface area (Å²) in [6.45, 7) is -0.129. The van der Waals surface area contributed by atoms with Crippen molar-refractivity contribution in [3.63, 3.8) is 0 Å². The lowest BCUT2D eigenvalue weighted by Crippen LogP contribution is -2.19. The zero-order valence-corrected chi connectivity index (χ0v) is 15.1. The fraction of sp³-hybridized carbons (Fsp3) is 0.200. The predicted octanol–water partition coefficient (Wildman–Crippen LogP) is 2.99. The van der Waals surface area contributed by atoms with Crippen molar-refractivity contribution < 1.29 is 23.6 Å². The first-order valence-electron chi connectivity index (χ1n) is 8.69. The van der Waals surface area contributed by atoms with Crippen molar-refractivity contribution in [3.05, 3.63) is 59.5 Å². The number of amides is 1. The number of nitrogens with zero attached hydrogens (tertiary/aromatic N) is 2. The van der Waals surface area contributed by atoms with E-state index >= 15 is 0 Å². The van der Waals surface area contributed by atoms with Gasteiger partial charge in [0, 0.05) is 17.7 Å². The molecule has 0 saturated carbocycles. The maximum absolute atomic E-state index is 12.3. The average molecular weight is 379 g/mol. The third-order valence-corrected chi connectivity index (χ3v) is 4.38. The van der Waals surface area contributed by atoms with Crippen LogP contribution in [0.1, 0.15) is 28.2 Å². The van der Waals surface area contributed by atoms with E-state index in [0.29, 0.717) is 24.2 Å². The van der Waals surface area contributed by atoms with Crippen molar-refractivity contribution >= 4 is 17.6 Å². The van der Waals surface area contributed by atoms with Crippen LogP contribution in [0.15, 0.2) is 47.0 Å². The Morgan fingerprint density at radius 2 is 2.00 bits per heavy atom. The molecule has 1 aliphatic rings. The number of anilines is 1. The highest BCUT2D eigenvalue weighted by Gasteiger charge is 2.18. The number of carbonyl (C=O) groups is 2. The normalized spacial score (nSPS) is 12.8. The Hall–Kier alpha value is -3.68. The van der Waals surface area contributed by atoms with E-state index in [1.165, 1.54) is 0 Å². The molecule has 3 aromatic rings. The lowest BCUT2D eigenvalue weighted by atomic mass is 10.0. The minimum Gasteiger partial charge on any atom is -0.497 e. The molecule has 0 bridgehead atoms. The summed E-state index contributed by atoms with van der Waals surface area (Å²) in [4.78, 5) is 27.9. The molecule has 1 aromatic heterocycles. The number of carbonyl (C=O) groups excluding carboxylic acids is 2. The summed E-state index contributed by atoms with van der Waals surface area (Å²) in [6.07, 6.45) is 0.999. The molecule has 0 atom stereocenters. The molecule has 0 spiro atoms. The average Bonchev–Trinajstić information content (AvgIpc) is 3.20. The molecule has 0 fully saturated rings. The lowest BCUT2D eigenvalue weighted by molar-refractivity contribution is -0.116. The molecule has 8 nitrogen and oxygen atoms in total. The molecule has 142 valence electrons. The number of hydrogen-bond donors (Lipinski definition) is 1. The van der Waals surface area contributed by atoms with Gasteiger partial charge in [-0.2, -0.15) is 4.98 Å². The van der Waals surface area contributed by atoms with Crippen molar-refractivity contribution in [2.24, 2.45) is 0 Å². The largest absolute Gasteiger partial charge is 0.497 e. The van der Waals surface area contributed by atoms with E-state index in [2.05, 4.69) is 15.5 Å². The van der Waals surface area contributed by atoms with E-state index in [9.17, 15) is 9.59 Å². The van der Waals surface area contributed by atoms with Crippen LogP contribution >= 0.6 is 0 Å². The molecule has 28 heavy (non-hydrogen) atoms. The molecule has 8 heteroatoms. The molecule has 2 heterocycles. The second kappa shape index (κ2) is 7.51. The fourth-order valence-corrected chi connectivity index (χ4v) is 2.89.